The molecular weight excluding hydrogens is 238 g/mol. The molecule has 19 heavy (non-hydrogen) atoms. The van der Waals surface area contributed by atoms with Gasteiger partial charge in [-0.05, 0) is 42.3 Å². The largest absolute Gasteiger partial charge is 0.489 e. The quantitative estimate of drug-likeness (QED) is 0.910. The Hall–Kier alpha value is -2.31. The maximum atomic E-state index is 9.51. The maximum absolute atomic E-state index is 9.51. The van der Waals surface area contributed by atoms with E-state index in [1.807, 2.05) is 36.4 Å². The van der Waals surface area contributed by atoms with Crippen molar-refractivity contribution < 1.29 is 9.84 Å². The van der Waals surface area contributed by atoms with E-state index in [9.17, 15) is 5.11 Å². The Kier molecular flexibility index (Phi) is 4.17. The van der Waals surface area contributed by atoms with Crippen molar-refractivity contribution in [3.8, 4) is 11.8 Å². The van der Waals surface area contributed by atoms with Crippen molar-refractivity contribution in [2.75, 3.05) is 0 Å². The highest BCUT2D eigenvalue weighted by atomic mass is 16.5. The Morgan fingerprint density at radius 3 is 2.74 bits per heavy atom. The van der Waals surface area contributed by atoms with E-state index in [1.54, 1.807) is 19.1 Å². The highest BCUT2D eigenvalue weighted by Crippen LogP contribution is 2.19. The number of hydrogen-bond donors (Lipinski definition) is 1. The van der Waals surface area contributed by atoms with Gasteiger partial charge in [-0.15, -0.1) is 0 Å². The molecule has 0 aromatic heterocycles. The van der Waals surface area contributed by atoms with Crippen LogP contribution in [0.5, 0.6) is 5.75 Å². The van der Waals surface area contributed by atoms with E-state index in [0.29, 0.717) is 17.9 Å². The van der Waals surface area contributed by atoms with Gasteiger partial charge in [-0.3, -0.25) is 0 Å². The number of ether oxygens (including phenoxy) is 1. The van der Waals surface area contributed by atoms with Crippen molar-refractivity contribution in [1.29, 1.82) is 5.26 Å². The monoisotopic (exact) mass is 253 g/mol. The molecule has 0 aliphatic carbocycles. The molecule has 1 N–H and O–H groups in total. The van der Waals surface area contributed by atoms with Crippen molar-refractivity contribution >= 4 is 0 Å². The van der Waals surface area contributed by atoms with Gasteiger partial charge in [0.05, 0.1) is 17.7 Å². The summed E-state index contributed by atoms with van der Waals surface area (Å²) in [5, 5.41) is 18.3. The van der Waals surface area contributed by atoms with Crippen molar-refractivity contribution in [2.24, 2.45) is 0 Å². The number of benzene rings is 2. The first-order chi connectivity index (χ1) is 9.19. The minimum absolute atomic E-state index is 0.402. The van der Waals surface area contributed by atoms with E-state index in [4.69, 9.17) is 10.00 Å². The molecule has 2 rings (SSSR count). The molecule has 0 amide bonds. The fourth-order valence-corrected chi connectivity index (χ4v) is 1.76. The number of nitriles is 1. The van der Waals surface area contributed by atoms with Crippen molar-refractivity contribution in [3.63, 3.8) is 0 Å². The van der Waals surface area contributed by atoms with Gasteiger partial charge in [-0.1, -0.05) is 24.3 Å². The summed E-state index contributed by atoms with van der Waals surface area (Å²) in [4.78, 5) is 0. The van der Waals surface area contributed by atoms with Gasteiger partial charge in [-0.25, -0.2) is 0 Å². The highest BCUT2D eigenvalue weighted by Gasteiger charge is 2.03. The predicted molar refractivity (Wildman–Crippen MR) is 72.6 cm³/mol. The fourth-order valence-electron chi connectivity index (χ4n) is 1.76. The summed E-state index contributed by atoms with van der Waals surface area (Å²) in [6, 6.07) is 16.8. The van der Waals surface area contributed by atoms with E-state index in [-0.39, 0.29) is 0 Å². The van der Waals surface area contributed by atoms with Gasteiger partial charge in [0.1, 0.15) is 12.4 Å². The molecular formula is C16H15NO2. The summed E-state index contributed by atoms with van der Waals surface area (Å²) in [6.45, 7) is 2.12. The molecule has 0 unspecified atom stereocenters. The van der Waals surface area contributed by atoms with E-state index < -0.39 is 6.10 Å². The first-order valence-corrected chi connectivity index (χ1v) is 6.09. The number of aliphatic hydroxyl groups is 1. The lowest BCUT2D eigenvalue weighted by Gasteiger charge is -2.09. The van der Waals surface area contributed by atoms with Crippen LogP contribution in [0, 0.1) is 11.3 Å². The second kappa shape index (κ2) is 6.03. The van der Waals surface area contributed by atoms with Crippen LogP contribution in [0.2, 0.25) is 0 Å². The Balaban J connectivity index is 2.06. The van der Waals surface area contributed by atoms with E-state index >= 15 is 0 Å². The zero-order chi connectivity index (χ0) is 13.7. The van der Waals surface area contributed by atoms with Crippen molar-refractivity contribution in [2.45, 2.75) is 19.6 Å². The average molecular weight is 253 g/mol. The van der Waals surface area contributed by atoms with E-state index in [1.165, 1.54) is 0 Å². The molecule has 0 aliphatic rings. The average Bonchev–Trinajstić information content (AvgIpc) is 2.45. The molecule has 0 aliphatic heterocycles. The third kappa shape index (κ3) is 3.57. The molecule has 3 nitrogen and oxygen atoms in total. The van der Waals surface area contributed by atoms with Crippen LogP contribution < -0.4 is 4.74 Å². The van der Waals surface area contributed by atoms with Crippen LogP contribution >= 0.6 is 0 Å². The number of aliphatic hydroxyl groups excluding tert-OH is 1. The van der Waals surface area contributed by atoms with E-state index in [2.05, 4.69) is 6.07 Å². The normalized spacial score (nSPS) is 11.6. The van der Waals surface area contributed by atoms with Gasteiger partial charge >= 0.3 is 0 Å². The minimum Gasteiger partial charge on any atom is -0.489 e. The molecule has 1 atom stereocenters. The summed E-state index contributed by atoms with van der Waals surface area (Å²) < 4.78 is 5.66. The molecule has 0 heterocycles. The molecule has 2 aromatic carbocycles. The van der Waals surface area contributed by atoms with Gasteiger partial charge in [0.25, 0.3) is 0 Å². The lowest BCUT2D eigenvalue weighted by Crippen LogP contribution is -1.97. The van der Waals surface area contributed by atoms with Crippen LogP contribution in [0.15, 0.2) is 48.5 Å². The van der Waals surface area contributed by atoms with Gasteiger partial charge < -0.3 is 9.84 Å². The predicted octanol–water partition coefficient (Wildman–Crippen LogP) is 3.19. The maximum Gasteiger partial charge on any atom is 0.120 e. The zero-order valence-electron chi connectivity index (χ0n) is 10.7. The smallest absolute Gasteiger partial charge is 0.120 e. The Bertz CT molecular complexity index is 600. The molecule has 0 saturated carbocycles. The fraction of sp³-hybridized carbons (Fsp3) is 0.188. The van der Waals surface area contributed by atoms with Crippen LogP contribution in [-0.2, 0) is 6.61 Å². The summed E-state index contributed by atoms with van der Waals surface area (Å²) in [7, 11) is 0. The topological polar surface area (TPSA) is 53.2 Å². The Labute approximate surface area is 112 Å². The molecule has 0 bridgehead atoms. The molecule has 0 saturated heterocycles. The van der Waals surface area contributed by atoms with Crippen LogP contribution in [-0.4, -0.2) is 5.11 Å². The zero-order valence-corrected chi connectivity index (χ0v) is 10.7. The highest BCUT2D eigenvalue weighted by molar-refractivity contribution is 5.33. The first kappa shape index (κ1) is 13.1. The first-order valence-electron chi connectivity index (χ1n) is 6.09. The molecule has 2 aromatic rings. The van der Waals surface area contributed by atoms with Crippen LogP contribution in [0.1, 0.15) is 29.7 Å². The number of rotatable bonds is 4. The summed E-state index contributed by atoms with van der Waals surface area (Å²) in [6.07, 6.45) is -0.509. The summed E-state index contributed by atoms with van der Waals surface area (Å²) in [5.41, 5.74) is 2.39. The van der Waals surface area contributed by atoms with Gasteiger partial charge in [-0.2, -0.15) is 5.26 Å². The minimum atomic E-state index is -0.509. The van der Waals surface area contributed by atoms with Gasteiger partial charge in [0, 0.05) is 0 Å². The number of hydrogen-bond acceptors (Lipinski definition) is 3. The van der Waals surface area contributed by atoms with Crippen molar-refractivity contribution in [3.05, 3.63) is 65.2 Å². The van der Waals surface area contributed by atoms with Crippen LogP contribution in [0.4, 0.5) is 0 Å². The van der Waals surface area contributed by atoms with Gasteiger partial charge in [0.2, 0.25) is 0 Å². The second-order valence-corrected chi connectivity index (χ2v) is 4.35. The molecule has 3 heteroatoms. The SMILES string of the molecule is C[C@@H](O)c1cccc(OCc2cccc(C#N)c2)c1. The molecule has 0 spiro atoms. The third-order valence-corrected chi connectivity index (χ3v) is 2.80. The molecule has 0 radical (unpaired) electrons. The summed E-state index contributed by atoms with van der Waals surface area (Å²) >= 11 is 0. The third-order valence-electron chi connectivity index (χ3n) is 2.80. The molecule has 96 valence electrons. The molecule has 0 fully saturated rings. The van der Waals surface area contributed by atoms with Crippen LogP contribution in [0.25, 0.3) is 0 Å². The second-order valence-electron chi connectivity index (χ2n) is 4.35. The van der Waals surface area contributed by atoms with Crippen LogP contribution in [0.3, 0.4) is 0 Å². The summed E-state index contributed by atoms with van der Waals surface area (Å²) in [5.74, 6) is 0.709. The number of nitrogens with zero attached hydrogens (tertiary/aromatic N) is 1. The lowest BCUT2D eigenvalue weighted by molar-refractivity contribution is 0.198. The lowest BCUT2D eigenvalue weighted by atomic mass is 10.1. The standard InChI is InChI=1S/C16H15NO2/c1-12(18)15-6-3-7-16(9-15)19-11-14-5-2-4-13(8-14)10-17/h2-9,12,18H,11H2,1H3/t12-/m1/s1. The van der Waals surface area contributed by atoms with Gasteiger partial charge in [0.15, 0.2) is 0 Å². The van der Waals surface area contributed by atoms with Crippen molar-refractivity contribution in [1.82, 2.24) is 0 Å². The Morgan fingerprint density at radius 1 is 1.21 bits per heavy atom. The van der Waals surface area contributed by atoms with E-state index in [0.717, 1.165) is 11.1 Å². The Morgan fingerprint density at radius 2 is 2.00 bits per heavy atom.